The smallest absolute Gasteiger partial charge is 0.165 e. The molecule has 2 aliphatic heterocycles. The second kappa shape index (κ2) is 7.32. The van der Waals surface area contributed by atoms with Crippen molar-refractivity contribution < 1.29 is 18.6 Å². The van der Waals surface area contributed by atoms with Crippen molar-refractivity contribution in [3.8, 4) is 5.75 Å². The Morgan fingerprint density at radius 1 is 1.35 bits per heavy atom. The monoisotopic (exact) mass is 321 g/mol. The van der Waals surface area contributed by atoms with E-state index in [9.17, 15) is 4.39 Å². The molecule has 1 atom stereocenters. The van der Waals surface area contributed by atoms with Gasteiger partial charge in [-0.25, -0.2) is 4.39 Å². The zero-order valence-corrected chi connectivity index (χ0v) is 13.5. The van der Waals surface area contributed by atoms with Gasteiger partial charge in [0.25, 0.3) is 0 Å². The number of nitrogens with one attached hydrogen (secondary N) is 1. The Bertz CT molecular complexity index is 555. The van der Waals surface area contributed by atoms with Gasteiger partial charge in [0.15, 0.2) is 11.6 Å². The lowest BCUT2D eigenvalue weighted by molar-refractivity contribution is 0.0269. The number of hydrogen-bond donors (Lipinski definition) is 1. The molecule has 1 aromatic carbocycles. The number of methoxy groups -OCH3 is 1. The van der Waals surface area contributed by atoms with E-state index >= 15 is 0 Å². The van der Waals surface area contributed by atoms with Crippen LogP contribution in [0.25, 0.3) is 0 Å². The van der Waals surface area contributed by atoms with E-state index in [0.717, 1.165) is 37.8 Å². The van der Waals surface area contributed by atoms with Crippen molar-refractivity contribution in [2.75, 3.05) is 26.9 Å². The van der Waals surface area contributed by atoms with Gasteiger partial charge >= 0.3 is 0 Å². The highest BCUT2D eigenvalue weighted by Gasteiger charge is 2.35. The number of rotatable bonds is 5. The largest absolute Gasteiger partial charge is 0.497 e. The topological polar surface area (TPSA) is 39.7 Å². The summed E-state index contributed by atoms with van der Waals surface area (Å²) in [4.78, 5) is 0. The van der Waals surface area contributed by atoms with E-state index in [1.54, 1.807) is 18.4 Å². The Labute approximate surface area is 136 Å². The summed E-state index contributed by atoms with van der Waals surface area (Å²) in [5.74, 6) is -0.0498. The van der Waals surface area contributed by atoms with Gasteiger partial charge in [0, 0.05) is 25.3 Å². The first-order valence-corrected chi connectivity index (χ1v) is 8.21. The van der Waals surface area contributed by atoms with Crippen molar-refractivity contribution in [2.45, 2.75) is 37.3 Å². The maximum absolute atomic E-state index is 14.2. The normalized spacial score (nSPS) is 23.3. The fourth-order valence-electron chi connectivity index (χ4n) is 3.30. The summed E-state index contributed by atoms with van der Waals surface area (Å²) in [6.07, 6.45) is 7.68. The van der Waals surface area contributed by atoms with Crippen LogP contribution >= 0.6 is 0 Å². The van der Waals surface area contributed by atoms with Crippen LogP contribution in [0.5, 0.6) is 5.75 Å². The average Bonchev–Trinajstić information content (AvgIpc) is 2.61. The van der Waals surface area contributed by atoms with E-state index in [4.69, 9.17) is 14.2 Å². The molecule has 0 bridgehead atoms. The van der Waals surface area contributed by atoms with Crippen LogP contribution in [-0.2, 0) is 15.0 Å². The predicted molar refractivity (Wildman–Crippen MR) is 85.9 cm³/mol. The van der Waals surface area contributed by atoms with E-state index in [1.165, 1.54) is 7.11 Å². The summed E-state index contributed by atoms with van der Waals surface area (Å²) in [6, 6.07) is 5.23. The average molecular weight is 321 g/mol. The molecule has 0 saturated carbocycles. The van der Waals surface area contributed by atoms with Gasteiger partial charge in [0.1, 0.15) is 6.10 Å². The Balaban J connectivity index is 1.78. The third-order valence-electron chi connectivity index (χ3n) is 4.74. The molecule has 4 nitrogen and oxygen atoms in total. The summed E-state index contributed by atoms with van der Waals surface area (Å²) in [5.41, 5.74) is 0.682. The highest BCUT2D eigenvalue weighted by molar-refractivity contribution is 5.34. The summed E-state index contributed by atoms with van der Waals surface area (Å²) in [5, 5.41) is 3.64. The molecule has 126 valence electrons. The number of ether oxygens (including phenoxy) is 3. The zero-order chi connectivity index (χ0) is 16.1. The van der Waals surface area contributed by atoms with E-state index in [2.05, 4.69) is 5.32 Å². The first-order chi connectivity index (χ1) is 11.2. The van der Waals surface area contributed by atoms with Crippen LogP contribution in [0.2, 0.25) is 0 Å². The molecule has 0 spiro atoms. The van der Waals surface area contributed by atoms with Crippen molar-refractivity contribution in [1.29, 1.82) is 0 Å². The number of hydrogen-bond acceptors (Lipinski definition) is 4. The van der Waals surface area contributed by atoms with Gasteiger partial charge in [-0.3, -0.25) is 0 Å². The molecular weight excluding hydrogens is 297 g/mol. The molecule has 3 rings (SSSR count). The van der Waals surface area contributed by atoms with Gasteiger partial charge in [-0.15, -0.1) is 0 Å². The standard InChI is InChI=1S/C18H24FNO3/c1-21-17-6-5-14(12-16(17)19)18(7-10-22-11-8-18)20-13-15-4-2-3-9-23-15/h3,5-6,9,12,15,20H,2,4,7-8,10-11,13H2,1H3/t15-/m0/s1. The third-order valence-corrected chi connectivity index (χ3v) is 4.74. The van der Waals surface area contributed by atoms with Crippen molar-refractivity contribution in [3.05, 3.63) is 41.9 Å². The number of allylic oxidation sites excluding steroid dienone is 1. The van der Waals surface area contributed by atoms with Gasteiger partial charge in [0.05, 0.1) is 13.4 Å². The first kappa shape index (κ1) is 16.3. The molecule has 1 aromatic rings. The lowest BCUT2D eigenvalue weighted by atomic mass is 9.82. The lowest BCUT2D eigenvalue weighted by Crippen LogP contribution is -2.49. The molecule has 0 amide bonds. The van der Waals surface area contributed by atoms with Crippen LogP contribution < -0.4 is 10.1 Å². The molecule has 0 radical (unpaired) electrons. The minimum absolute atomic E-state index is 0.169. The summed E-state index contributed by atoms with van der Waals surface area (Å²) >= 11 is 0. The summed E-state index contributed by atoms with van der Waals surface area (Å²) in [7, 11) is 1.48. The molecule has 2 heterocycles. The minimum Gasteiger partial charge on any atom is -0.497 e. The molecule has 0 aromatic heterocycles. The second-order valence-electron chi connectivity index (χ2n) is 6.13. The van der Waals surface area contributed by atoms with E-state index in [0.29, 0.717) is 13.2 Å². The summed E-state index contributed by atoms with van der Waals surface area (Å²) in [6.45, 7) is 2.09. The van der Waals surface area contributed by atoms with Crippen molar-refractivity contribution in [1.82, 2.24) is 5.32 Å². The Hall–Kier alpha value is -1.59. The van der Waals surface area contributed by atoms with Crippen molar-refractivity contribution >= 4 is 0 Å². The lowest BCUT2D eigenvalue weighted by Gasteiger charge is -2.40. The van der Waals surface area contributed by atoms with Crippen LogP contribution in [0, 0.1) is 5.82 Å². The van der Waals surface area contributed by atoms with Crippen molar-refractivity contribution in [2.24, 2.45) is 0 Å². The van der Waals surface area contributed by atoms with E-state index < -0.39 is 0 Å². The molecule has 0 aliphatic carbocycles. The maximum atomic E-state index is 14.2. The first-order valence-electron chi connectivity index (χ1n) is 8.21. The van der Waals surface area contributed by atoms with E-state index in [1.807, 2.05) is 12.1 Å². The maximum Gasteiger partial charge on any atom is 0.165 e. The number of benzene rings is 1. The van der Waals surface area contributed by atoms with Crippen LogP contribution in [0.15, 0.2) is 30.5 Å². The fraction of sp³-hybridized carbons (Fsp3) is 0.556. The van der Waals surface area contributed by atoms with Crippen LogP contribution in [0.3, 0.4) is 0 Å². The molecule has 1 saturated heterocycles. The third kappa shape index (κ3) is 3.67. The highest BCUT2D eigenvalue weighted by Crippen LogP contribution is 2.34. The van der Waals surface area contributed by atoms with Gasteiger partial charge in [-0.2, -0.15) is 0 Å². The molecule has 2 aliphatic rings. The molecular formula is C18H24FNO3. The zero-order valence-electron chi connectivity index (χ0n) is 13.5. The van der Waals surface area contributed by atoms with Gasteiger partial charge in [-0.1, -0.05) is 6.07 Å². The van der Waals surface area contributed by atoms with Gasteiger partial charge in [0.2, 0.25) is 0 Å². The second-order valence-corrected chi connectivity index (χ2v) is 6.13. The fourth-order valence-corrected chi connectivity index (χ4v) is 3.30. The SMILES string of the molecule is COc1ccc(C2(NC[C@@H]3CCC=CO3)CCOCC2)cc1F. The van der Waals surface area contributed by atoms with Crippen LogP contribution in [-0.4, -0.2) is 33.0 Å². The van der Waals surface area contributed by atoms with Crippen LogP contribution in [0.1, 0.15) is 31.2 Å². The number of halogens is 1. The molecule has 1 N–H and O–H groups in total. The Morgan fingerprint density at radius 3 is 2.83 bits per heavy atom. The molecule has 1 fully saturated rings. The quantitative estimate of drug-likeness (QED) is 0.904. The summed E-state index contributed by atoms with van der Waals surface area (Å²) < 4.78 is 30.3. The predicted octanol–water partition coefficient (Wildman–Crippen LogP) is 3.12. The molecule has 5 heteroatoms. The van der Waals surface area contributed by atoms with Gasteiger partial charge in [-0.05, 0) is 49.5 Å². The highest BCUT2D eigenvalue weighted by atomic mass is 19.1. The van der Waals surface area contributed by atoms with E-state index in [-0.39, 0.29) is 23.2 Å². The van der Waals surface area contributed by atoms with Crippen LogP contribution in [0.4, 0.5) is 4.39 Å². The van der Waals surface area contributed by atoms with Crippen molar-refractivity contribution in [3.63, 3.8) is 0 Å². The Morgan fingerprint density at radius 2 is 2.17 bits per heavy atom. The molecule has 23 heavy (non-hydrogen) atoms. The minimum atomic E-state index is -0.325. The Kier molecular flexibility index (Phi) is 5.18. The molecule has 0 unspecified atom stereocenters. The van der Waals surface area contributed by atoms with Gasteiger partial charge < -0.3 is 19.5 Å².